The molecule has 140 valence electrons. The number of nitrogens with zero attached hydrogens (tertiary/aromatic N) is 4. The minimum absolute atomic E-state index is 0.747. The quantitative estimate of drug-likeness (QED) is 0.704. The van der Waals surface area contributed by atoms with Crippen LogP contribution in [0.2, 0.25) is 0 Å². The first-order chi connectivity index (χ1) is 12.7. The lowest BCUT2D eigenvalue weighted by molar-refractivity contribution is 0.145. The third-order valence-electron chi connectivity index (χ3n) is 4.53. The molecule has 0 bridgehead atoms. The van der Waals surface area contributed by atoms with Crippen molar-refractivity contribution in [3.05, 3.63) is 36.7 Å². The molecule has 0 spiro atoms. The van der Waals surface area contributed by atoms with E-state index in [9.17, 15) is 0 Å². The van der Waals surface area contributed by atoms with Crippen LogP contribution in [0.3, 0.4) is 0 Å². The Morgan fingerprint density at radius 1 is 1.04 bits per heavy atom. The van der Waals surface area contributed by atoms with Gasteiger partial charge in [-0.25, -0.2) is 9.97 Å². The normalized spacial score (nSPS) is 15.6. The number of likely N-dealkylation sites (N-methyl/N-ethyl adjacent to an activating group) is 1. The second-order valence-electron chi connectivity index (χ2n) is 6.53. The van der Waals surface area contributed by atoms with Crippen molar-refractivity contribution in [2.24, 2.45) is 0 Å². The van der Waals surface area contributed by atoms with Crippen LogP contribution in [0.4, 0.5) is 17.3 Å². The van der Waals surface area contributed by atoms with Crippen LogP contribution in [0.15, 0.2) is 36.7 Å². The number of rotatable bonds is 8. The zero-order valence-corrected chi connectivity index (χ0v) is 15.6. The van der Waals surface area contributed by atoms with Crippen LogP contribution in [0.25, 0.3) is 0 Å². The molecule has 7 nitrogen and oxygen atoms in total. The van der Waals surface area contributed by atoms with Crippen molar-refractivity contribution in [3.63, 3.8) is 0 Å². The van der Waals surface area contributed by atoms with Gasteiger partial charge in [-0.2, -0.15) is 0 Å². The molecule has 1 aromatic heterocycles. The lowest BCUT2D eigenvalue weighted by Crippen LogP contribution is -2.44. The van der Waals surface area contributed by atoms with Crippen LogP contribution < -0.4 is 15.4 Å². The monoisotopic (exact) mass is 356 g/mol. The minimum atomic E-state index is 0.747. The number of aromatic nitrogens is 2. The van der Waals surface area contributed by atoms with Gasteiger partial charge in [0.15, 0.2) is 0 Å². The van der Waals surface area contributed by atoms with Gasteiger partial charge >= 0.3 is 0 Å². The van der Waals surface area contributed by atoms with Gasteiger partial charge in [0, 0.05) is 51.5 Å². The van der Waals surface area contributed by atoms with E-state index in [2.05, 4.69) is 37.4 Å². The second kappa shape index (κ2) is 9.35. The molecule has 3 rings (SSSR count). The zero-order valence-electron chi connectivity index (χ0n) is 15.6. The highest BCUT2D eigenvalue weighted by Gasteiger charge is 2.12. The van der Waals surface area contributed by atoms with Crippen molar-refractivity contribution >= 4 is 17.3 Å². The molecule has 0 atom stereocenters. The van der Waals surface area contributed by atoms with Gasteiger partial charge in [-0.15, -0.1) is 0 Å². The Kier molecular flexibility index (Phi) is 6.62. The van der Waals surface area contributed by atoms with Gasteiger partial charge in [0.2, 0.25) is 0 Å². The van der Waals surface area contributed by atoms with Crippen molar-refractivity contribution in [2.45, 2.75) is 6.42 Å². The van der Waals surface area contributed by atoms with E-state index in [1.54, 1.807) is 0 Å². The van der Waals surface area contributed by atoms with Gasteiger partial charge < -0.3 is 25.2 Å². The number of piperazine rings is 1. The van der Waals surface area contributed by atoms with E-state index in [1.807, 2.05) is 37.4 Å². The van der Waals surface area contributed by atoms with Gasteiger partial charge in [0.25, 0.3) is 0 Å². The van der Waals surface area contributed by atoms with E-state index in [0.29, 0.717) is 0 Å². The van der Waals surface area contributed by atoms with E-state index in [4.69, 9.17) is 4.74 Å². The van der Waals surface area contributed by atoms with Crippen molar-refractivity contribution in [1.29, 1.82) is 0 Å². The van der Waals surface area contributed by atoms with Crippen molar-refractivity contribution in [1.82, 2.24) is 19.8 Å². The Morgan fingerprint density at radius 3 is 2.50 bits per heavy atom. The summed E-state index contributed by atoms with van der Waals surface area (Å²) < 4.78 is 5.86. The van der Waals surface area contributed by atoms with Crippen molar-refractivity contribution in [3.8, 4) is 5.75 Å². The largest absolute Gasteiger partial charge is 0.494 e. The Labute approximate surface area is 155 Å². The number of benzene rings is 1. The highest BCUT2D eigenvalue weighted by atomic mass is 16.5. The highest BCUT2D eigenvalue weighted by molar-refractivity contribution is 5.59. The van der Waals surface area contributed by atoms with Crippen LogP contribution >= 0.6 is 0 Å². The van der Waals surface area contributed by atoms with Gasteiger partial charge in [0.05, 0.1) is 6.61 Å². The topological polar surface area (TPSA) is 65.6 Å². The van der Waals surface area contributed by atoms with Gasteiger partial charge in [-0.05, 0) is 37.7 Å². The van der Waals surface area contributed by atoms with E-state index < -0.39 is 0 Å². The Morgan fingerprint density at radius 2 is 1.77 bits per heavy atom. The lowest BCUT2D eigenvalue weighted by Gasteiger charge is -2.32. The summed E-state index contributed by atoms with van der Waals surface area (Å²) in [6.45, 7) is 6.50. The SMILES string of the molecule is CNc1cc(Nc2ccc(OCCCN3CCN(C)CC3)cc2)ncn1. The number of anilines is 3. The summed E-state index contributed by atoms with van der Waals surface area (Å²) in [5.41, 5.74) is 0.968. The minimum Gasteiger partial charge on any atom is -0.494 e. The Hall–Kier alpha value is -2.38. The molecule has 2 N–H and O–H groups in total. The molecule has 1 fully saturated rings. The molecule has 0 radical (unpaired) electrons. The second-order valence-corrected chi connectivity index (χ2v) is 6.53. The zero-order chi connectivity index (χ0) is 18.2. The molecule has 1 aromatic carbocycles. The van der Waals surface area contributed by atoms with Crippen molar-refractivity contribution in [2.75, 3.05) is 64.1 Å². The Bertz CT molecular complexity index is 670. The molecule has 0 aliphatic carbocycles. The van der Waals surface area contributed by atoms with E-state index in [-0.39, 0.29) is 0 Å². The van der Waals surface area contributed by atoms with Gasteiger partial charge in [-0.1, -0.05) is 0 Å². The van der Waals surface area contributed by atoms with Crippen LogP contribution in [0, 0.1) is 0 Å². The smallest absolute Gasteiger partial charge is 0.135 e. The summed E-state index contributed by atoms with van der Waals surface area (Å²) in [5, 5.41) is 6.26. The summed E-state index contributed by atoms with van der Waals surface area (Å²) in [6, 6.07) is 9.83. The average Bonchev–Trinajstić information content (AvgIpc) is 2.68. The summed E-state index contributed by atoms with van der Waals surface area (Å²) in [5.74, 6) is 2.43. The molecule has 26 heavy (non-hydrogen) atoms. The molecule has 0 amide bonds. The molecular weight excluding hydrogens is 328 g/mol. The van der Waals surface area contributed by atoms with Gasteiger partial charge in [0.1, 0.15) is 23.7 Å². The fourth-order valence-electron chi connectivity index (χ4n) is 2.89. The molecule has 1 saturated heterocycles. The first-order valence-electron chi connectivity index (χ1n) is 9.13. The van der Waals surface area contributed by atoms with Crippen LogP contribution in [0.1, 0.15) is 6.42 Å². The fraction of sp³-hybridized carbons (Fsp3) is 0.474. The molecule has 0 unspecified atom stereocenters. The van der Waals surface area contributed by atoms with E-state index in [1.165, 1.54) is 6.33 Å². The van der Waals surface area contributed by atoms with E-state index >= 15 is 0 Å². The van der Waals surface area contributed by atoms with Gasteiger partial charge in [-0.3, -0.25) is 0 Å². The van der Waals surface area contributed by atoms with Crippen LogP contribution in [0.5, 0.6) is 5.75 Å². The third-order valence-corrected chi connectivity index (χ3v) is 4.53. The first kappa shape index (κ1) is 18.4. The van der Waals surface area contributed by atoms with E-state index in [0.717, 1.165) is 68.8 Å². The first-order valence-corrected chi connectivity index (χ1v) is 9.13. The predicted molar refractivity (Wildman–Crippen MR) is 105 cm³/mol. The molecular formula is C19H28N6O. The maximum Gasteiger partial charge on any atom is 0.135 e. The predicted octanol–water partition coefficient (Wildman–Crippen LogP) is 2.28. The standard InChI is InChI=1S/C19H28N6O/c1-20-18-14-19(22-15-21-18)23-16-4-6-17(7-5-16)26-13-3-8-25-11-9-24(2)10-12-25/h4-7,14-15H,3,8-13H2,1-2H3,(H2,20,21,22,23). The summed E-state index contributed by atoms with van der Waals surface area (Å²) in [7, 11) is 4.02. The summed E-state index contributed by atoms with van der Waals surface area (Å²) in [4.78, 5) is 13.2. The molecule has 7 heteroatoms. The highest BCUT2D eigenvalue weighted by Crippen LogP contribution is 2.20. The number of nitrogens with one attached hydrogen (secondary N) is 2. The average molecular weight is 356 g/mol. The van der Waals surface area contributed by atoms with Crippen LogP contribution in [-0.4, -0.2) is 73.2 Å². The molecule has 1 aliphatic heterocycles. The number of hydrogen-bond acceptors (Lipinski definition) is 7. The summed E-state index contributed by atoms with van der Waals surface area (Å²) in [6.07, 6.45) is 2.59. The number of ether oxygens (including phenoxy) is 1. The van der Waals surface area contributed by atoms with Crippen LogP contribution in [-0.2, 0) is 0 Å². The number of hydrogen-bond donors (Lipinski definition) is 2. The lowest BCUT2D eigenvalue weighted by atomic mass is 10.3. The molecule has 1 aliphatic rings. The Balaban J connectivity index is 1.40. The van der Waals surface area contributed by atoms with Crippen molar-refractivity contribution < 1.29 is 4.74 Å². The third kappa shape index (κ3) is 5.57. The summed E-state index contributed by atoms with van der Waals surface area (Å²) >= 11 is 0. The molecule has 0 saturated carbocycles. The fourth-order valence-corrected chi connectivity index (χ4v) is 2.89. The maximum atomic E-state index is 5.86. The maximum absolute atomic E-state index is 5.86. The molecule has 2 heterocycles. The molecule has 2 aromatic rings.